The minimum absolute atomic E-state index is 0.0403. The van der Waals surface area contributed by atoms with Crippen LogP contribution < -0.4 is 15.8 Å². The molecular weight excluding hydrogens is 204 g/mol. The quantitative estimate of drug-likeness (QED) is 0.734. The molecule has 0 radical (unpaired) electrons. The maximum absolute atomic E-state index is 11.0. The Morgan fingerprint density at radius 3 is 3.07 bits per heavy atom. The standard InChI is InChI=1S/C9H9ClN2O2/c10-6-2-7-8(1-5(6)3-11)14-4-9(13)12-7/h1-2H,3-4,11H2,(H,12,13). The normalized spacial score (nSPS) is 14.3. The van der Waals surface area contributed by atoms with Gasteiger partial charge in [-0.15, -0.1) is 0 Å². The van der Waals surface area contributed by atoms with Crippen LogP contribution in [0.3, 0.4) is 0 Å². The van der Waals surface area contributed by atoms with Crippen LogP contribution in [0.15, 0.2) is 12.1 Å². The van der Waals surface area contributed by atoms with Crippen molar-refractivity contribution in [2.75, 3.05) is 11.9 Å². The van der Waals surface area contributed by atoms with Crippen molar-refractivity contribution in [2.24, 2.45) is 5.73 Å². The van der Waals surface area contributed by atoms with Crippen molar-refractivity contribution in [3.8, 4) is 5.75 Å². The third-order valence-corrected chi connectivity index (χ3v) is 2.35. The zero-order valence-corrected chi connectivity index (χ0v) is 8.10. The first-order valence-corrected chi connectivity index (χ1v) is 4.53. The summed E-state index contributed by atoms with van der Waals surface area (Å²) in [6.07, 6.45) is 0. The van der Waals surface area contributed by atoms with E-state index in [1.54, 1.807) is 12.1 Å². The predicted octanol–water partition coefficient (Wildman–Crippen LogP) is 1.13. The molecule has 4 nitrogen and oxygen atoms in total. The number of fused-ring (bicyclic) bond motifs is 1. The zero-order chi connectivity index (χ0) is 10.1. The van der Waals surface area contributed by atoms with Crippen LogP contribution in [-0.2, 0) is 11.3 Å². The van der Waals surface area contributed by atoms with Crippen LogP contribution >= 0.6 is 11.6 Å². The molecule has 0 bridgehead atoms. The number of hydrogen-bond acceptors (Lipinski definition) is 3. The summed E-state index contributed by atoms with van der Waals surface area (Å²) in [5.41, 5.74) is 6.89. The number of amides is 1. The van der Waals surface area contributed by atoms with Crippen LogP contribution in [0, 0.1) is 0 Å². The summed E-state index contributed by atoms with van der Waals surface area (Å²) >= 11 is 5.92. The second kappa shape index (κ2) is 3.48. The van der Waals surface area contributed by atoms with E-state index in [2.05, 4.69) is 5.32 Å². The molecule has 74 valence electrons. The monoisotopic (exact) mass is 212 g/mol. The van der Waals surface area contributed by atoms with Gasteiger partial charge in [0.05, 0.1) is 5.69 Å². The van der Waals surface area contributed by atoms with Crippen molar-refractivity contribution >= 4 is 23.2 Å². The number of benzene rings is 1. The third-order valence-electron chi connectivity index (χ3n) is 2.00. The van der Waals surface area contributed by atoms with E-state index < -0.39 is 0 Å². The number of ether oxygens (including phenoxy) is 1. The van der Waals surface area contributed by atoms with Gasteiger partial charge >= 0.3 is 0 Å². The fourth-order valence-electron chi connectivity index (χ4n) is 1.30. The number of anilines is 1. The van der Waals surface area contributed by atoms with Crippen molar-refractivity contribution < 1.29 is 9.53 Å². The lowest BCUT2D eigenvalue weighted by Gasteiger charge is -2.19. The van der Waals surface area contributed by atoms with E-state index in [1.165, 1.54) is 0 Å². The van der Waals surface area contributed by atoms with Crippen molar-refractivity contribution in [2.45, 2.75) is 6.54 Å². The van der Waals surface area contributed by atoms with E-state index in [-0.39, 0.29) is 12.5 Å². The van der Waals surface area contributed by atoms with Gasteiger partial charge in [0.1, 0.15) is 5.75 Å². The van der Waals surface area contributed by atoms with Gasteiger partial charge in [-0.3, -0.25) is 4.79 Å². The summed E-state index contributed by atoms with van der Waals surface area (Å²) in [5, 5.41) is 3.20. The summed E-state index contributed by atoms with van der Waals surface area (Å²) in [5.74, 6) is 0.448. The summed E-state index contributed by atoms with van der Waals surface area (Å²) < 4.78 is 5.21. The van der Waals surface area contributed by atoms with E-state index in [9.17, 15) is 4.79 Å². The van der Waals surface area contributed by atoms with Gasteiger partial charge in [-0.1, -0.05) is 11.6 Å². The highest BCUT2D eigenvalue weighted by molar-refractivity contribution is 6.31. The lowest BCUT2D eigenvalue weighted by molar-refractivity contribution is -0.118. The number of hydrogen-bond donors (Lipinski definition) is 2. The average Bonchev–Trinajstić information content (AvgIpc) is 2.16. The fourth-order valence-corrected chi connectivity index (χ4v) is 1.54. The first-order valence-electron chi connectivity index (χ1n) is 4.16. The molecule has 0 fully saturated rings. The third kappa shape index (κ3) is 1.54. The Morgan fingerprint density at radius 1 is 1.57 bits per heavy atom. The molecule has 1 aliphatic rings. The molecule has 2 rings (SSSR count). The Kier molecular flexibility index (Phi) is 2.31. The van der Waals surface area contributed by atoms with Gasteiger partial charge in [0.2, 0.25) is 0 Å². The zero-order valence-electron chi connectivity index (χ0n) is 7.34. The lowest BCUT2D eigenvalue weighted by Crippen LogP contribution is -2.25. The van der Waals surface area contributed by atoms with Crippen molar-refractivity contribution in [1.29, 1.82) is 0 Å². The molecule has 0 saturated carbocycles. The largest absolute Gasteiger partial charge is 0.482 e. The summed E-state index contributed by atoms with van der Waals surface area (Å²) in [6, 6.07) is 3.40. The van der Waals surface area contributed by atoms with E-state index in [0.29, 0.717) is 23.0 Å². The highest BCUT2D eigenvalue weighted by Gasteiger charge is 2.17. The Morgan fingerprint density at radius 2 is 2.36 bits per heavy atom. The molecule has 14 heavy (non-hydrogen) atoms. The second-order valence-electron chi connectivity index (χ2n) is 2.98. The minimum atomic E-state index is -0.172. The molecule has 1 aromatic rings. The molecule has 0 aromatic heterocycles. The summed E-state index contributed by atoms with van der Waals surface area (Å²) in [7, 11) is 0. The number of nitrogens with two attached hydrogens (primary N) is 1. The first-order chi connectivity index (χ1) is 6.70. The Bertz CT molecular complexity index is 393. The van der Waals surface area contributed by atoms with Gasteiger partial charge in [-0.05, 0) is 17.7 Å². The van der Waals surface area contributed by atoms with Gasteiger partial charge in [0.25, 0.3) is 5.91 Å². The molecule has 5 heteroatoms. The van der Waals surface area contributed by atoms with E-state index in [1.807, 2.05) is 0 Å². The topological polar surface area (TPSA) is 64.3 Å². The molecule has 1 aliphatic heterocycles. The minimum Gasteiger partial charge on any atom is -0.482 e. The highest BCUT2D eigenvalue weighted by Crippen LogP contribution is 2.33. The smallest absolute Gasteiger partial charge is 0.262 e. The molecule has 3 N–H and O–H groups in total. The number of carbonyl (C=O) groups excluding carboxylic acids is 1. The highest BCUT2D eigenvalue weighted by atomic mass is 35.5. The molecular formula is C9H9ClN2O2. The summed E-state index contributed by atoms with van der Waals surface area (Å²) in [4.78, 5) is 11.0. The van der Waals surface area contributed by atoms with Crippen LogP contribution in [0.4, 0.5) is 5.69 Å². The number of nitrogens with one attached hydrogen (secondary N) is 1. The first kappa shape index (κ1) is 9.30. The van der Waals surface area contributed by atoms with Gasteiger partial charge in [0, 0.05) is 11.6 Å². The maximum atomic E-state index is 11.0. The van der Waals surface area contributed by atoms with Crippen LogP contribution in [-0.4, -0.2) is 12.5 Å². The average molecular weight is 213 g/mol. The predicted molar refractivity (Wildman–Crippen MR) is 53.5 cm³/mol. The molecule has 0 unspecified atom stereocenters. The van der Waals surface area contributed by atoms with Crippen LogP contribution in [0.1, 0.15) is 5.56 Å². The second-order valence-corrected chi connectivity index (χ2v) is 3.39. The lowest BCUT2D eigenvalue weighted by atomic mass is 10.1. The number of halogens is 1. The number of carbonyl (C=O) groups is 1. The van der Waals surface area contributed by atoms with Gasteiger partial charge < -0.3 is 15.8 Å². The van der Waals surface area contributed by atoms with Crippen molar-refractivity contribution in [3.05, 3.63) is 22.7 Å². The maximum Gasteiger partial charge on any atom is 0.262 e. The molecule has 1 amide bonds. The molecule has 1 aromatic carbocycles. The molecule has 0 aliphatic carbocycles. The van der Waals surface area contributed by atoms with Gasteiger partial charge in [0.15, 0.2) is 6.61 Å². The Balaban J connectivity index is 2.45. The van der Waals surface area contributed by atoms with Gasteiger partial charge in [-0.2, -0.15) is 0 Å². The SMILES string of the molecule is NCc1cc2c(cc1Cl)NC(=O)CO2. The molecule has 0 spiro atoms. The number of rotatable bonds is 1. The molecule has 1 heterocycles. The Hall–Kier alpha value is -1.26. The van der Waals surface area contributed by atoms with E-state index in [0.717, 1.165) is 5.56 Å². The van der Waals surface area contributed by atoms with E-state index in [4.69, 9.17) is 22.1 Å². The molecule has 0 atom stereocenters. The van der Waals surface area contributed by atoms with Crippen LogP contribution in [0.2, 0.25) is 5.02 Å². The molecule has 0 saturated heterocycles. The van der Waals surface area contributed by atoms with Crippen LogP contribution in [0.5, 0.6) is 5.75 Å². The summed E-state index contributed by atoms with van der Waals surface area (Å²) in [6.45, 7) is 0.391. The fraction of sp³-hybridized carbons (Fsp3) is 0.222. The Labute approximate surface area is 86.0 Å². The van der Waals surface area contributed by atoms with Crippen LogP contribution in [0.25, 0.3) is 0 Å². The van der Waals surface area contributed by atoms with Crippen molar-refractivity contribution in [3.63, 3.8) is 0 Å². The van der Waals surface area contributed by atoms with E-state index >= 15 is 0 Å². The van der Waals surface area contributed by atoms with Gasteiger partial charge in [-0.25, -0.2) is 0 Å². The van der Waals surface area contributed by atoms with Crippen molar-refractivity contribution in [1.82, 2.24) is 0 Å².